The lowest BCUT2D eigenvalue weighted by Gasteiger charge is -2.11. The van der Waals surface area contributed by atoms with Gasteiger partial charge >= 0.3 is 6.18 Å². The fourth-order valence-corrected chi connectivity index (χ4v) is 1.93. The lowest BCUT2D eigenvalue weighted by atomic mass is 10.2. The summed E-state index contributed by atoms with van der Waals surface area (Å²) in [7, 11) is 0. The molecule has 0 fully saturated rings. The van der Waals surface area contributed by atoms with Crippen molar-refractivity contribution in [2.24, 2.45) is 0 Å². The van der Waals surface area contributed by atoms with E-state index in [1.807, 2.05) is 5.32 Å². The Morgan fingerprint density at radius 2 is 1.85 bits per heavy atom. The van der Waals surface area contributed by atoms with Gasteiger partial charge in [-0.15, -0.1) is 0 Å². The minimum Gasteiger partial charge on any atom is -0.321 e. The largest absolute Gasteiger partial charge is 0.436 e. The van der Waals surface area contributed by atoms with E-state index < -0.39 is 59.2 Å². The number of halogens is 7. The number of alkyl halides is 5. The van der Waals surface area contributed by atoms with Crippen LogP contribution < -0.4 is 10.9 Å². The Balaban J connectivity index is 2.29. The van der Waals surface area contributed by atoms with E-state index in [1.54, 1.807) is 0 Å². The van der Waals surface area contributed by atoms with E-state index in [9.17, 15) is 40.3 Å². The minimum absolute atomic E-state index is 0.261. The maximum Gasteiger partial charge on any atom is 0.436 e. The van der Waals surface area contributed by atoms with Gasteiger partial charge in [0.15, 0.2) is 17.3 Å². The van der Waals surface area contributed by atoms with Gasteiger partial charge in [0.1, 0.15) is 0 Å². The first-order valence-electron chi connectivity index (χ1n) is 6.71. The number of amides is 1. The number of carbonyl (C=O) groups is 1. The SMILES string of the molecule is O=C(Nc1cc(F)c(=O)n(CC(F)F)c1)c1cnc(C(F)(F)F)c(F)c1. The van der Waals surface area contributed by atoms with Crippen LogP contribution in [0.25, 0.3) is 0 Å². The molecule has 26 heavy (non-hydrogen) atoms. The Morgan fingerprint density at radius 3 is 2.38 bits per heavy atom. The van der Waals surface area contributed by atoms with E-state index in [0.717, 1.165) is 0 Å². The van der Waals surface area contributed by atoms with Crippen LogP contribution in [0.15, 0.2) is 29.3 Å². The summed E-state index contributed by atoms with van der Waals surface area (Å²) in [5, 5.41) is 1.95. The van der Waals surface area contributed by atoms with Crippen molar-refractivity contribution >= 4 is 11.6 Å². The van der Waals surface area contributed by atoms with Crippen molar-refractivity contribution in [3.63, 3.8) is 0 Å². The highest BCUT2D eigenvalue weighted by Gasteiger charge is 2.36. The first-order chi connectivity index (χ1) is 12.0. The van der Waals surface area contributed by atoms with Crippen LogP contribution in [-0.2, 0) is 12.7 Å². The van der Waals surface area contributed by atoms with Gasteiger partial charge in [0.05, 0.1) is 17.8 Å². The summed E-state index contributed by atoms with van der Waals surface area (Å²) in [6.07, 6.45) is -6.89. The van der Waals surface area contributed by atoms with Crippen LogP contribution >= 0.6 is 0 Å². The Morgan fingerprint density at radius 1 is 1.19 bits per heavy atom. The summed E-state index contributed by atoms with van der Waals surface area (Å²) >= 11 is 0. The van der Waals surface area contributed by atoms with Gasteiger partial charge in [0, 0.05) is 18.5 Å². The molecule has 0 spiro atoms. The van der Waals surface area contributed by atoms with Crippen molar-refractivity contribution in [2.45, 2.75) is 19.1 Å². The second-order valence-corrected chi connectivity index (χ2v) is 4.93. The van der Waals surface area contributed by atoms with Crippen molar-refractivity contribution in [1.82, 2.24) is 9.55 Å². The molecular weight excluding hydrogens is 375 g/mol. The smallest absolute Gasteiger partial charge is 0.321 e. The molecule has 140 valence electrons. The number of carbonyl (C=O) groups excluding carboxylic acids is 1. The zero-order chi connectivity index (χ0) is 19.6. The molecule has 5 nitrogen and oxygen atoms in total. The van der Waals surface area contributed by atoms with Crippen LogP contribution in [0.1, 0.15) is 16.1 Å². The fraction of sp³-hybridized carbons (Fsp3) is 0.214. The predicted molar refractivity (Wildman–Crippen MR) is 73.8 cm³/mol. The Hall–Kier alpha value is -2.92. The maximum atomic E-state index is 13.5. The lowest BCUT2D eigenvalue weighted by molar-refractivity contribution is -0.143. The molecule has 0 saturated carbocycles. The Labute approximate surface area is 140 Å². The molecule has 0 unspecified atom stereocenters. The van der Waals surface area contributed by atoms with Gasteiger partial charge < -0.3 is 9.88 Å². The second-order valence-electron chi connectivity index (χ2n) is 4.93. The van der Waals surface area contributed by atoms with Crippen molar-refractivity contribution in [3.05, 3.63) is 57.8 Å². The number of aromatic nitrogens is 2. The summed E-state index contributed by atoms with van der Waals surface area (Å²) in [4.78, 5) is 26.1. The summed E-state index contributed by atoms with van der Waals surface area (Å²) in [6, 6.07) is 0.784. The fourth-order valence-electron chi connectivity index (χ4n) is 1.93. The molecule has 0 aliphatic heterocycles. The molecule has 1 amide bonds. The average Bonchev–Trinajstić information content (AvgIpc) is 2.50. The Bertz CT molecular complexity index is 893. The van der Waals surface area contributed by atoms with Crippen molar-refractivity contribution in [2.75, 3.05) is 5.32 Å². The molecule has 0 atom stereocenters. The summed E-state index contributed by atoms with van der Waals surface area (Å²) < 4.78 is 89.2. The van der Waals surface area contributed by atoms with Crippen molar-refractivity contribution in [1.29, 1.82) is 0 Å². The summed E-state index contributed by atoms with van der Waals surface area (Å²) in [5.41, 5.74) is -4.26. The van der Waals surface area contributed by atoms with Crippen molar-refractivity contribution < 1.29 is 35.5 Å². The molecule has 0 aliphatic carbocycles. The zero-order valence-electron chi connectivity index (χ0n) is 12.5. The molecule has 0 aromatic carbocycles. The number of hydrogen-bond acceptors (Lipinski definition) is 3. The molecule has 0 bridgehead atoms. The van der Waals surface area contributed by atoms with E-state index in [1.165, 1.54) is 0 Å². The second kappa shape index (κ2) is 7.14. The monoisotopic (exact) mass is 383 g/mol. The zero-order valence-corrected chi connectivity index (χ0v) is 12.5. The average molecular weight is 383 g/mol. The molecule has 0 radical (unpaired) electrons. The van der Waals surface area contributed by atoms with E-state index in [4.69, 9.17) is 0 Å². The van der Waals surface area contributed by atoms with Gasteiger partial charge in [-0.3, -0.25) is 9.59 Å². The van der Waals surface area contributed by atoms with Crippen LogP contribution in [0.4, 0.5) is 36.4 Å². The third kappa shape index (κ3) is 4.37. The van der Waals surface area contributed by atoms with Gasteiger partial charge in [-0.1, -0.05) is 0 Å². The number of hydrogen-bond donors (Lipinski definition) is 1. The lowest BCUT2D eigenvalue weighted by Crippen LogP contribution is -2.26. The first-order valence-corrected chi connectivity index (χ1v) is 6.71. The standard InChI is InChI=1S/C14H8F7N3O2/c15-8-1-6(3-22-11(8)14(19,20)21)12(25)23-7-2-9(16)13(26)24(4-7)5-10(17)18/h1-4,10H,5H2,(H,23,25). The third-order valence-corrected chi connectivity index (χ3v) is 3.01. The van der Waals surface area contributed by atoms with E-state index >= 15 is 0 Å². The molecule has 2 rings (SSSR count). The number of anilines is 1. The van der Waals surface area contributed by atoms with E-state index in [-0.39, 0.29) is 6.07 Å². The molecule has 0 saturated heterocycles. The van der Waals surface area contributed by atoms with Gasteiger partial charge in [-0.2, -0.15) is 13.2 Å². The summed E-state index contributed by atoms with van der Waals surface area (Å²) in [6.45, 7) is -1.14. The minimum atomic E-state index is -5.06. The molecule has 2 aromatic rings. The molecule has 0 aliphatic rings. The number of nitrogens with zero attached hydrogens (tertiary/aromatic N) is 2. The van der Waals surface area contributed by atoms with E-state index in [2.05, 4.69) is 4.98 Å². The van der Waals surface area contributed by atoms with Gasteiger partial charge in [0.25, 0.3) is 17.9 Å². The summed E-state index contributed by atoms with van der Waals surface area (Å²) in [5.74, 6) is -4.44. The molecule has 1 N–H and O–H groups in total. The van der Waals surface area contributed by atoms with Gasteiger partial charge in [0.2, 0.25) is 0 Å². The number of nitrogens with one attached hydrogen (secondary N) is 1. The molecule has 12 heteroatoms. The maximum absolute atomic E-state index is 13.5. The highest BCUT2D eigenvalue weighted by atomic mass is 19.4. The van der Waals surface area contributed by atoms with Crippen LogP contribution in [0.5, 0.6) is 0 Å². The highest BCUT2D eigenvalue weighted by Crippen LogP contribution is 2.29. The van der Waals surface area contributed by atoms with Gasteiger partial charge in [-0.05, 0) is 6.07 Å². The first kappa shape index (κ1) is 19.4. The predicted octanol–water partition coefficient (Wildman–Crippen LogP) is 3.06. The van der Waals surface area contributed by atoms with Crippen LogP contribution in [0.2, 0.25) is 0 Å². The van der Waals surface area contributed by atoms with Crippen LogP contribution in [0, 0.1) is 11.6 Å². The molecule has 2 aromatic heterocycles. The highest BCUT2D eigenvalue weighted by molar-refractivity contribution is 6.04. The molecular formula is C14H8F7N3O2. The van der Waals surface area contributed by atoms with Gasteiger partial charge in [-0.25, -0.2) is 22.5 Å². The quantitative estimate of drug-likeness (QED) is 0.826. The number of rotatable bonds is 4. The molecule has 2 heterocycles. The number of pyridine rings is 2. The van der Waals surface area contributed by atoms with Crippen LogP contribution in [-0.4, -0.2) is 21.9 Å². The third-order valence-electron chi connectivity index (χ3n) is 3.01. The van der Waals surface area contributed by atoms with Crippen molar-refractivity contribution in [3.8, 4) is 0 Å². The topological polar surface area (TPSA) is 64.0 Å². The van der Waals surface area contributed by atoms with E-state index in [0.29, 0.717) is 23.0 Å². The van der Waals surface area contributed by atoms with Crippen LogP contribution in [0.3, 0.4) is 0 Å². The Kier molecular flexibility index (Phi) is 5.33. The normalized spacial score (nSPS) is 11.7.